The maximum Gasteiger partial charge on any atom is 0.298 e. The van der Waals surface area contributed by atoms with Crippen LogP contribution in [0.1, 0.15) is 19.0 Å². The molecule has 112 valence electrons. The molecule has 0 saturated carbocycles. The van der Waals surface area contributed by atoms with Crippen molar-refractivity contribution in [1.29, 1.82) is 0 Å². The van der Waals surface area contributed by atoms with E-state index in [0.29, 0.717) is 12.1 Å². The smallest absolute Gasteiger partial charge is 0.298 e. The van der Waals surface area contributed by atoms with E-state index in [1.807, 2.05) is 29.8 Å². The van der Waals surface area contributed by atoms with E-state index in [2.05, 4.69) is 5.32 Å². The Morgan fingerprint density at radius 2 is 2.14 bits per heavy atom. The monoisotopic (exact) mass is 295 g/mol. The van der Waals surface area contributed by atoms with Crippen molar-refractivity contribution in [1.82, 2.24) is 4.57 Å². The van der Waals surface area contributed by atoms with Crippen LogP contribution in [0.25, 0.3) is 0 Å². The van der Waals surface area contributed by atoms with Crippen LogP contribution in [-0.2, 0) is 13.1 Å². The van der Waals surface area contributed by atoms with E-state index in [9.17, 15) is 18.9 Å². The van der Waals surface area contributed by atoms with E-state index < -0.39 is 22.2 Å². The molecule has 1 aromatic heterocycles. The minimum atomic E-state index is -0.977. The second kappa shape index (κ2) is 6.34. The molecule has 7 heteroatoms. The lowest BCUT2D eigenvalue weighted by atomic mass is 10.2. The maximum atomic E-state index is 13.7. The van der Waals surface area contributed by atoms with Gasteiger partial charge in [-0.2, -0.15) is 0 Å². The molecule has 1 heterocycles. The van der Waals surface area contributed by atoms with Gasteiger partial charge in [-0.1, -0.05) is 6.92 Å². The summed E-state index contributed by atoms with van der Waals surface area (Å²) in [5.74, 6) is -1.95. The molecule has 5 nitrogen and oxygen atoms in total. The average Bonchev–Trinajstić information content (AvgIpc) is 2.85. The standard InChI is InChI=1S/C14H15F2N3O2/c1-2-5-18-6-3-4-11(18)9-17-14-12(16)7-10(15)8-13(14)19(20)21/h3-4,6-8,17H,2,5,9H2,1H3. The summed E-state index contributed by atoms with van der Waals surface area (Å²) in [6.45, 7) is 3.05. The summed E-state index contributed by atoms with van der Waals surface area (Å²) in [5, 5.41) is 13.6. The highest BCUT2D eigenvalue weighted by Gasteiger charge is 2.20. The van der Waals surface area contributed by atoms with Crippen molar-refractivity contribution in [3.63, 3.8) is 0 Å². The Bertz CT molecular complexity index is 656. The van der Waals surface area contributed by atoms with Crippen molar-refractivity contribution in [2.75, 3.05) is 5.32 Å². The highest BCUT2D eigenvalue weighted by Crippen LogP contribution is 2.29. The third-order valence-corrected chi connectivity index (χ3v) is 3.07. The number of hydrogen-bond donors (Lipinski definition) is 1. The van der Waals surface area contributed by atoms with Crippen molar-refractivity contribution in [3.05, 3.63) is 57.9 Å². The van der Waals surface area contributed by atoms with Crippen LogP contribution < -0.4 is 5.32 Å². The maximum absolute atomic E-state index is 13.7. The summed E-state index contributed by atoms with van der Waals surface area (Å²) in [4.78, 5) is 10.1. The minimum Gasteiger partial charge on any atom is -0.372 e. The first-order valence-corrected chi connectivity index (χ1v) is 6.54. The zero-order valence-electron chi connectivity index (χ0n) is 11.5. The van der Waals surface area contributed by atoms with E-state index >= 15 is 0 Å². The molecule has 0 radical (unpaired) electrons. The van der Waals surface area contributed by atoms with E-state index in [1.165, 1.54) is 0 Å². The van der Waals surface area contributed by atoms with E-state index in [4.69, 9.17) is 0 Å². The van der Waals surface area contributed by atoms with Gasteiger partial charge < -0.3 is 9.88 Å². The highest BCUT2D eigenvalue weighted by atomic mass is 19.1. The zero-order chi connectivity index (χ0) is 15.4. The van der Waals surface area contributed by atoms with Crippen LogP contribution in [0.5, 0.6) is 0 Å². The predicted octanol–water partition coefficient (Wildman–Crippen LogP) is 3.70. The van der Waals surface area contributed by atoms with Gasteiger partial charge in [-0.25, -0.2) is 8.78 Å². The van der Waals surface area contributed by atoms with E-state index in [-0.39, 0.29) is 12.2 Å². The Labute approximate surface area is 120 Å². The normalized spacial score (nSPS) is 10.6. The van der Waals surface area contributed by atoms with Crippen LogP contribution in [0.2, 0.25) is 0 Å². The lowest BCUT2D eigenvalue weighted by Gasteiger charge is -2.11. The minimum absolute atomic E-state index is 0.219. The number of rotatable bonds is 6. The number of nitro benzene ring substituents is 1. The Morgan fingerprint density at radius 1 is 1.38 bits per heavy atom. The van der Waals surface area contributed by atoms with Gasteiger partial charge in [0.15, 0.2) is 5.82 Å². The lowest BCUT2D eigenvalue weighted by Crippen LogP contribution is -2.09. The molecular weight excluding hydrogens is 280 g/mol. The molecule has 1 aromatic carbocycles. The molecule has 0 fully saturated rings. The molecule has 2 aromatic rings. The number of benzene rings is 1. The molecule has 0 unspecified atom stereocenters. The molecule has 0 bridgehead atoms. The average molecular weight is 295 g/mol. The summed E-state index contributed by atoms with van der Waals surface area (Å²) in [6, 6.07) is 5.02. The van der Waals surface area contributed by atoms with Crippen LogP contribution in [0.3, 0.4) is 0 Å². The fraction of sp³-hybridized carbons (Fsp3) is 0.286. The van der Waals surface area contributed by atoms with Gasteiger partial charge in [0.25, 0.3) is 5.69 Å². The Morgan fingerprint density at radius 3 is 2.81 bits per heavy atom. The molecule has 0 saturated heterocycles. The largest absolute Gasteiger partial charge is 0.372 e. The summed E-state index contributed by atoms with van der Waals surface area (Å²) in [7, 11) is 0. The molecule has 0 aliphatic carbocycles. The van der Waals surface area contributed by atoms with Crippen molar-refractivity contribution >= 4 is 11.4 Å². The van der Waals surface area contributed by atoms with Gasteiger partial charge in [0.1, 0.15) is 11.5 Å². The van der Waals surface area contributed by atoms with Crippen LogP contribution in [0.4, 0.5) is 20.2 Å². The first-order valence-electron chi connectivity index (χ1n) is 6.54. The first-order chi connectivity index (χ1) is 10.0. The van der Waals surface area contributed by atoms with Crippen molar-refractivity contribution in [2.24, 2.45) is 0 Å². The summed E-state index contributed by atoms with van der Waals surface area (Å²) >= 11 is 0. The lowest BCUT2D eigenvalue weighted by molar-refractivity contribution is -0.384. The SMILES string of the molecule is CCCn1cccc1CNc1c(F)cc(F)cc1[N+](=O)[O-]. The fourth-order valence-corrected chi connectivity index (χ4v) is 2.13. The molecule has 0 atom stereocenters. The van der Waals surface area contributed by atoms with Crippen molar-refractivity contribution in [2.45, 2.75) is 26.4 Å². The van der Waals surface area contributed by atoms with E-state index in [1.54, 1.807) is 0 Å². The number of nitrogens with one attached hydrogen (secondary N) is 1. The molecular formula is C14H15F2N3O2. The second-order valence-corrected chi connectivity index (χ2v) is 4.59. The van der Waals surface area contributed by atoms with Gasteiger partial charge in [0.05, 0.1) is 17.5 Å². The zero-order valence-corrected chi connectivity index (χ0v) is 11.5. The molecule has 0 aliphatic heterocycles. The van der Waals surface area contributed by atoms with Crippen LogP contribution in [-0.4, -0.2) is 9.49 Å². The highest BCUT2D eigenvalue weighted by molar-refractivity contribution is 5.62. The third-order valence-electron chi connectivity index (χ3n) is 3.07. The molecule has 21 heavy (non-hydrogen) atoms. The number of halogens is 2. The van der Waals surface area contributed by atoms with Gasteiger partial charge in [-0.05, 0) is 18.6 Å². The number of hydrogen-bond acceptors (Lipinski definition) is 3. The summed E-state index contributed by atoms with van der Waals surface area (Å²) in [6.07, 6.45) is 2.82. The Balaban J connectivity index is 2.23. The van der Waals surface area contributed by atoms with Gasteiger partial charge in [0, 0.05) is 24.5 Å². The quantitative estimate of drug-likeness (QED) is 0.653. The topological polar surface area (TPSA) is 60.1 Å². The van der Waals surface area contributed by atoms with Crippen LogP contribution in [0, 0.1) is 21.7 Å². The molecule has 0 aliphatic rings. The van der Waals surface area contributed by atoms with Crippen LogP contribution in [0.15, 0.2) is 30.5 Å². The number of anilines is 1. The summed E-state index contributed by atoms with van der Waals surface area (Å²) in [5.41, 5.74) is -0.0402. The Hall–Kier alpha value is -2.44. The number of aryl methyl sites for hydroxylation is 1. The first kappa shape index (κ1) is 15.0. The summed E-state index contributed by atoms with van der Waals surface area (Å²) < 4.78 is 28.8. The van der Waals surface area contributed by atoms with E-state index in [0.717, 1.165) is 18.7 Å². The van der Waals surface area contributed by atoms with Crippen molar-refractivity contribution in [3.8, 4) is 0 Å². The fourth-order valence-electron chi connectivity index (χ4n) is 2.13. The Kier molecular flexibility index (Phi) is 4.52. The number of nitrogens with zero attached hydrogens (tertiary/aromatic N) is 2. The molecule has 1 N–H and O–H groups in total. The molecule has 0 spiro atoms. The second-order valence-electron chi connectivity index (χ2n) is 4.59. The third kappa shape index (κ3) is 3.36. The predicted molar refractivity (Wildman–Crippen MR) is 75.1 cm³/mol. The van der Waals surface area contributed by atoms with Gasteiger partial charge in [0.2, 0.25) is 0 Å². The molecule has 0 amide bonds. The number of aromatic nitrogens is 1. The van der Waals surface area contributed by atoms with Gasteiger partial charge in [-0.15, -0.1) is 0 Å². The van der Waals surface area contributed by atoms with Crippen molar-refractivity contribution < 1.29 is 13.7 Å². The van der Waals surface area contributed by atoms with Gasteiger partial charge in [-0.3, -0.25) is 10.1 Å². The molecule has 2 rings (SSSR count). The van der Waals surface area contributed by atoms with Gasteiger partial charge >= 0.3 is 0 Å². The van der Waals surface area contributed by atoms with Crippen LogP contribution >= 0.6 is 0 Å². The number of nitro groups is 1.